The average Bonchev–Trinajstić information content (AvgIpc) is 2.64. The zero-order valence-electron chi connectivity index (χ0n) is 15.6. The van der Waals surface area contributed by atoms with Crippen LogP contribution in [0.25, 0.3) is 5.57 Å². The summed E-state index contributed by atoms with van der Waals surface area (Å²) in [7, 11) is -3.70. The summed E-state index contributed by atoms with van der Waals surface area (Å²) < 4.78 is 22.0. The molecule has 1 aliphatic rings. The third-order valence-corrected chi connectivity index (χ3v) is 7.05. The number of aliphatic hydroxyl groups excluding tert-OH is 1. The normalized spacial score (nSPS) is 17.4. The summed E-state index contributed by atoms with van der Waals surface area (Å²) in [6, 6.07) is 7.81. The topological polar surface area (TPSA) is 94.9 Å². The fourth-order valence-electron chi connectivity index (χ4n) is 2.91. The Kier molecular flexibility index (Phi) is 6.82. The number of benzene rings is 1. The van der Waals surface area contributed by atoms with Gasteiger partial charge in [0.2, 0.25) is 0 Å². The van der Waals surface area contributed by atoms with Gasteiger partial charge < -0.3 is 10.2 Å². The lowest BCUT2D eigenvalue weighted by Crippen LogP contribution is -2.46. The van der Waals surface area contributed by atoms with Crippen LogP contribution in [0.15, 0.2) is 30.3 Å². The van der Waals surface area contributed by atoms with Crippen LogP contribution in [0.4, 0.5) is 0 Å². The number of sulfone groups is 1. The van der Waals surface area contributed by atoms with Gasteiger partial charge in [0, 0.05) is 31.5 Å². The third-order valence-electron chi connectivity index (χ3n) is 5.04. The van der Waals surface area contributed by atoms with Gasteiger partial charge in [0.25, 0.3) is 0 Å². The second-order valence-corrected chi connectivity index (χ2v) is 9.32. The van der Waals surface area contributed by atoms with Crippen molar-refractivity contribution in [3.05, 3.63) is 41.5 Å². The minimum Gasteiger partial charge on any atom is -0.480 e. The molecule has 0 bridgehead atoms. The monoisotopic (exact) mass is 391 g/mol. The van der Waals surface area contributed by atoms with Gasteiger partial charge in [0.1, 0.15) is 6.61 Å². The predicted molar refractivity (Wildman–Crippen MR) is 105 cm³/mol. The molecule has 0 spiro atoms. The molecule has 0 aliphatic carbocycles. The molecule has 0 aromatic heterocycles. The van der Waals surface area contributed by atoms with Crippen LogP contribution in [-0.4, -0.2) is 66.7 Å². The summed E-state index contributed by atoms with van der Waals surface area (Å²) in [4.78, 5) is 13.5. The van der Waals surface area contributed by atoms with Gasteiger partial charge in [-0.25, -0.2) is 8.42 Å². The summed E-state index contributed by atoms with van der Waals surface area (Å²) in [5.41, 5.74) is 3.16. The maximum absolute atomic E-state index is 11.9. The van der Waals surface area contributed by atoms with E-state index in [1.807, 2.05) is 24.3 Å². The molecule has 0 saturated heterocycles. The largest absolute Gasteiger partial charge is 0.480 e. The Morgan fingerprint density at radius 2 is 1.96 bits per heavy atom. The molecule has 1 aromatic carbocycles. The van der Waals surface area contributed by atoms with Crippen molar-refractivity contribution in [3.8, 4) is 11.8 Å². The van der Waals surface area contributed by atoms with E-state index in [1.165, 1.54) is 12.5 Å². The molecule has 2 rings (SSSR count). The summed E-state index contributed by atoms with van der Waals surface area (Å²) >= 11 is 0. The van der Waals surface area contributed by atoms with E-state index in [9.17, 15) is 18.3 Å². The highest BCUT2D eigenvalue weighted by Crippen LogP contribution is 2.25. The summed E-state index contributed by atoms with van der Waals surface area (Å²) in [6.07, 6.45) is 3.94. The van der Waals surface area contributed by atoms with Crippen molar-refractivity contribution >= 4 is 21.4 Å². The Labute approximate surface area is 160 Å². The van der Waals surface area contributed by atoms with E-state index in [1.54, 1.807) is 0 Å². The van der Waals surface area contributed by atoms with Crippen LogP contribution < -0.4 is 0 Å². The van der Waals surface area contributed by atoms with E-state index in [4.69, 9.17) is 5.11 Å². The van der Waals surface area contributed by atoms with Crippen LogP contribution in [0.3, 0.4) is 0 Å². The number of aliphatic carboxylic acids is 1. The van der Waals surface area contributed by atoms with Gasteiger partial charge >= 0.3 is 5.97 Å². The van der Waals surface area contributed by atoms with Crippen molar-refractivity contribution in [3.63, 3.8) is 0 Å². The Morgan fingerprint density at radius 3 is 2.44 bits per heavy atom. The highest BCUT2D eigenvalue weighted by Gasteiger charge is 2.43. The number of carbonyl (C=O) groups is 1. The first-order valence-corrected chi connectivity index (χ1v) is 10.6. The Hall–Kier alpha value is -2.14. The first kappa shape index (κ1) is 21.2. The van der Waals surface area contributed by atoms with Gasteiger partial charge in [-0.2, -0.15) is 0 Å². The minimum atomic E-state index is -3.70. The molecule has 0 saturated carbocycles. The Morgan fingerprint density at radius 1 is 1.30 bits per heavy atom. The number of nitrogens with zero attached hydrogens (tertiary/aromatic N) is 1. The number of hydrogen-bond acceptors (Lipinski definition) is 5. The van der Waals surface area contributed by atoms with Crippen molar-refractivity contribution in [2.24, 2.45) is 0 Å². The van der Waals surface area contributed by atoms with Crippen LogP contribution in [-0.2, 0) is 14.6 Å². The zero-order chi connectivity index (χ0) is 20.1. The van der Waals surface area contributed by atoms with E-state index in [-0.39, 0.29) is 13.0 Å². The molecule has 0 fully saturated rings. The molecule has 27 heavy (non-hydrogen) atoms. The van der Waals surface area contributed by atoms with Gasteiger partial charge in [-0.1, -0.05) is 30.0 Å². The minimum absolute atomic E-state index is 0.0581. The Balaban J connectivity index is 1.99. The van der Waals surface area contributed by atoms with Crippen LogP contribution >= 0.6 is 0 Å². The molecular weight excluding hydrogens is 366 g/mol. The molecule has 0 amide bonds. The smallest absolute Gasteiger partial charge is 0.324 e. The number of carboxylic acids is 1. The highest BCUT2D eigenvalue weighted by atomic mass is 32.2. The molecule has 6 nitrogen and oxygen atoms in total. The van der Waals surface area contributed by atoms with E-state index in [0.29, 0.717) is 13.1 Å². The molecule has 2 N–H and O–H groups in total. The second kappa shape index (κ2) is 8.70. The molecule has 146 valence electrons. The maximum atomic E-state index is 11.9. The van der Waals surface area contributed by atoms with Gasteiger partial charge in [-0.3, -0.25) is 9.69 Å². The summed E-state index contributed by atoms with van der Waals surface area (Å²) in [6.45, 7) is 2.92. The van der Waals surface area contributed by atoms with Crippen molar-refractivity contribution in [1.82, 2.24) is 4.90 Å². The van der Waals surface area contributed by atoms with Crippen molar-refractivity contribution < 1.29 is 23.4 Å². The van der Waals surface area contributed by atoms with Crippen molar-refractivity contribution in [2.75, 3.05) is 32.5 Å². The highest BCUT2D eigenvalue weighted by molar-refractivity contribution is 7.92. The second-order valence-electron chi connectivity index (χ2n) is 6.88. The number of hydrogen-bond donors (Lipinski definition) is 2. The standard InChI is InChI=1S/C20H25NO5S/c1-20(19(23)24,27(2,25)26)11-14-21-12-9-18(10-13-21)17-7-5-16(6-8-17)4-3-15-22/h5-9,22H,10-15H2,1-2H3,(H,23,24). The first-order valence-electron chi connectivity index (χ1n) is 8.72. The van der Waals surface area contributed by atoms with Crippen molar-refractivity contribution in [1.29, 1.82) is 0 Å². The lowest BCUT2D eigenvalue weighted by Gasteiger charge is -2.30. The average molecular weight is 391 g/mol. The first-order chi connectivity index (χ1) is 12.7. The van der Waals surface area contributed by atoms with Crippen LogP contribution in [0.5, 0.6) is 0 Å². The molecule has 1 aromatic rings. The molecule has 0 radical (unpaired) electrons. The van der Waals surface area contributed by atoms with Gasteiger partial charge in [0.15, 0.2) is 14.6 Å². The summed E-state index contributed by atoms with van der Waals surface area (Å²) in [5.74, 6) is 4.17. The fourth-order valence-corrected chi connectivity index (χ4v) is 3.69. The van der Waals surface area contributed by atoms with Crippen LogP contribution in [0.1, 0.15) is 30.9 Å². The predicted octanol–water partition coefficient (Wildman–Crippen LogP) is 1.40. The quantitative estimate of drug-likeness (QED) is 0.712. The van der Waals surface area contributed by atoms with Crippen molar-refractivity contribution in [2.45, 2.75) is 24.5 Å². The molecule has 1 unspecified atom stereocenters. The molecular formula is C20H25NO5S. The van der Waals surface area contributed by atoms with E-state index in [2.05, 4.69) is 22.8 Å². The van der Waals surface area contributed by atoms with Crippen LogP contribution in [0.2, 0.25) is 0 Å². The van der Waals surface area contributed by atoms with Gasteiger partial charge in [-0.15, -0.1) is 0 Å². The Bertz CT molecular complexity index is 877. The van der Waals surface area contributed by atoms with E-state index < -0.39 is 20.6 Å². The SMILES string of the molecule is CC(CCN1CC=C(c2ccc(C#CCO)cc2)CC1)(C(=O)O)S(C)(=O)=O. The van der Waals surface area contributed by atoms with Gasteiger partial charge in [0.05, 0.1) is 0 Å². The van der Waals surface area contributed by atoms with E-state index in [0.717, 1.165) is 30.3 Å². The molecule has 7 heteroatoms. The zero-order valence-corrected chi connectivity index (χ0v) is 16.4. The van der Waals surface area contributed by atoms with E-state index >= 15 is 0 Å². The van der Waals surface area contributed by atoms with Crippen LogP contribution in [0, 0.1) is 11.8 Å². The lowest BCUT2D eigenvalue weighted by atomic mass is 9.98. The molecule has 1 atom stereocenters. The molecule has 1 aliphatic heterocycles. The number of rotatable bonds is 6. The number of carboxylic acid groups (broad SMARTS) is 1. The summed E-state index contributed by atoms with van der Waals surface area (Å²) in [5, 5.41) is 18.1. The third kappa shape index (κ3) is 5.19. The molecule has 1 heterocycles. The maximum Gasteiger partial charge on any atom is 0.324 e. The fraction of sp³-hybridized carbons (Fsp3) is 0.450. The lowest BCUT2D eigenvalue weighted by molar-refractivity contribution is -0.139. The van der Waals surface area contributed by atoms with Gasteiger partial charge in [-0.05, 0) is 43.0 Å². The number of aliphatic hydroxyl groups is 1.